The molecule has 1 aliphatic heterocycles. The summed E-state index contributed by atoms with van der Waals surface area (Å²) >= 11 is 0. The molecule has 1 aromatic rings. The molecule has 0 atom stereocenters. The fourth-order valence-electron chi connectivity index (χ4n) is 1.75. The van der Waals surface area contributed by atoms with Gasteiger partial charge in [0.05, 0.1) is 0 Å². The van der Waals surface area contributed by atoms with Crippen LogP contribution in [0.25, 0.3) is 0 Å². The lowest BCUT2D eigenvalue weighted by Crippen LogP contribution is -2.57. The van der Waals surface area contributed by atoms with Crippen LogP contribution in [0.1, 0.15) is 39.7 Å². The van der Waals surface area contributed by atoms with Crippen molar-refractivity contribution in [2.45, 2.75) is 46.6 Å². The first-order valence-corrected chi connectivity index (χ1v) is 6.50. The number of carbonyl (C=O) groups excluding carboxylic acids is 1. The van der Waals surface area contributed by atoms with Crippen molar-refractivity contribution in [3.63, 3.8) is 0 Å². The fourth-order valence-corrected chi connectivity index (χ4v) is 1.75. The van der Waals surface area contributed by atoms with Gasteiger partial charge in [0.2, 0.25) is 0 Å². The van der Waals surface area contributed by atoms with Gasteiger partial charge < -0.3 is 5.32 Å². The van der Waals surface area contributed by atoms with E-state index in [9.17, 15) is 4.79 Å². The lowest BCUT2D eigenvalue weighted by Gasteiger charge is -2.37. The molecule has 0 aliphatic carbocycles. The van der Waals surface area contributed by atoms with Crippen LogP contribution in [0.3, 0.4) is 0 Å². The molecule has 18 heavy (non-hydrogen) atoms. The van der Waals surface area contributed by atoms with E-state index in [1.807, 2.05) is 46.8 Å². The summed E-state index contributed by atoms with van der Waals surface area (Å²) in [6, 6.07) is 3.79. The highest BCUT2D eigenvalue weighted by Gasteiger charge is 2.31. The Kier molecular flexibility index (Phi) is 4.70. The van der Waals surface area contributed by atoms with Gasteiger partial charge in [0.15, 0.2) is 0 Å². The molecule has 4 heteroatoms. The molecule has 0 spiro atoms. The topological polar surface area (TPSA) is 45.2 Å². The Morgan fingerprint density at radius 3 is 2.50 bits per heavy atom. The number of nitrogens with one attached hydrogen (secondary N) is 1. The lowest BCUT2D eigenvalue weighted by atomic mass is 9.98. The first-order valence-electron chi connectivity index (χ1n) is 6.50. The van der Waals surface area contributed by atoms with E-state index < -0.39 is 0 Å². The average Bonchev–Trinajstić information content (AvgIpc) is 2.32. The SMILES string of the molecule is CC.Cc1ccc(N2CCC(C)(C)NC2=O)nc1. The van der Waals surface area contributed by atoms with Crippen molar-refractivity contribution in [2.75, 3.05) is 11.4 Å². The van der Waals surface area contributed by atoms with Crippen LogP contribution in [0, 0.1) is 6.92 Å². The standard InChI is InChI=1S/C12H17N3O.C2H6/c1-9-4-5-10(13-8-9)15-7-6-12(2,3)14-11(15)16;1-2/h4-5,8H,6-7H2,1-3H3,(H,14,16);1-2H3. The molecule has 0 aromatic carbocycles. The predicted octanol–water partition coefficient (Wildman–Crippen LogP) is 3.11. The normalized spacial score (nSPS) is 17.6. The molecule has 0 bridgehead atoms. The molecule has 100 valence electrons. The second kappa shape index (κ2) is 5.85. The zero-order chi connectivity index (χ0) is 13.8. The van der Waals surface area contributed by atoms with Crippen LogP contribution >= 0.6 is 0 Å². The largest absolute Gasteiger partial charge is 0.333 e. The summed E-state index contributed by atoms with van der Waals surface area (Å²) in [7, 11) is 0. The number of nitrogens with zero attached hydrogens (tertiary/aromatic N) is 2. The van der Waals surface area contributed by atoms with Gasteiger partial charge in [0, 0.05) is 18.3 Å². The van der Waals surface area contributed by atoms with Gasteiger partial charge in [0.1, 0.15) is 5.82 Å². The molecule has 1 N–H and O–H groups in total. The number of pyridine rings is 1. The minimum absolute atomic E-state index is 0.0624. The molecule has 0 unspecified atom stereocenters. The van der Waals surface area contributed by atoms with E-state index >= 15 is 0 Å². The van der Waals surface area contributed by atoms with Crippen molar-refractivity contribution in [3.8, 4) is 0 Å². The summed E-state index contributed by atoms with van der Waals surface area (Å²) in [5.41, 5.74) is 0.986. The first-order chi connectivity index (χ1) is 8.48. The summed E-state index contributed by atoms with van der Waals surface area (Å²) < 4.78 is 0. The summed E-state index contributed by atoms with van der Waals surface area (Å²) in [5, 5.41) is 2.97. The molecule has 1 saturated heterocycles. The number of hydrogen-bond donors (Lipinski definition) is 1. The number of rotatable bonds is 1. The Balaban J connectivity index is 0.000000771. The highest BCUT2D eigenvalue weighted by Crippen LogP contribution is 2.20. The maximum absolute atomic E-state index is 11.9. The van der Waals surface area contributed by atoms with Crippen molar-refractivity contribution in [3.05, 3.63) is 23.9 Å². The van der Waals surface area contributed by atoms with Gasteiger partial charge in [-0.05, 0) is 38.8 Å². The zero-order valence-electron chi connectivity index (χ0n) is 11.9. The Bertz CT molecular complexity index is 398. The van der Waals surface area contributed by atoms with Crippen LogP contribution in [0.5, 0.6) is 0 Å². The van der Waals surface area contributed by atoms with Crippen molar-refractivity contribution in [1.29, 1.82) is 0 Å². The van der Waals surface area contributed by atoms with E-state index in [2.05, 4.69) is 10.3 Å². The van der Waals surface area contributed by atoms with Gasteiger partial charge in [-0.25, -0.2) is 9.78 Å². The minimum atomic E-state index is -0.113. The number of aryl methyl sites for hydroxylation is 1. The molecular formula is C14H23N3O. The first kappa shape index (κ1) is 14.5. The quantitative estimate of drug-likeness (QED) is 0.831. The highest BCUT2D eigenvalue weighted by atomic mass is 16.2. The number of hydrogen-bond acceptors (Lipinski definition) is 2. The van der Waals surface area contributed by atoms with E-state index in [0.29, 0.717) is 0 Å². The maximum Gasteiger partial charge on any atom is 0.323 e. The van der Waals surface area contributed by atoms with E-state index in [4.69, 9.17) is 0 Å². The molecule has 0 radical (unpaired) electrons. The number of aromatic nitrogens is 1. The van der Waals surface area contributed by atoms with Crippen LogP contribution < -0.4 is 10.2 Å². The third kappa shape index (κ3) is 3.45. The Morgan fingerprint density at radius 1 is 1.33 bits per heavy atom. The fraction of sp³-hybridized carbons (Fsp3) is 0.571. The zero-order valence-corrected chi connectivity index (χ0v) is 11.9. The molecule has 1 fully saturated rings. The van der Waals surface area contributed by atoms with Gasteiger partial charge in [0.25, 0.3) is 0 Å². The number of carbonyl (C=O) groups is 1. The molecular weight excluding hydrogens is 226 g/mol. The van der Waals surface area contributed by atoms with Crippen molar-refractivity contribution < 1.29 is 4.79 Å². The van der Waals surface area contributed by atoms with Gasteiger partial charge in [-0.3, -0.25) is 4.90 Å². The molecule has 0 saturated carbocycles. The van der Waals surface area contributed by atoms with Gasteiger partial charge in [-0.15, -0.1) is 0 Å². The maximum atomic E-state index is 11.9. The molecule has 4 nitrogen and oxygen atoms in total. The third-order valence-corrected chi connectivity index (χ3v) is 2.82. The van der Waals surface area contributed by atoms with Gasteiger partial charge in [-0.1, -0.05) is 19.9 Å². The van der Waals surface area contributed by atoms with Crippen molar-refractivity contribution in [2.24, 2.45) is 0 Å². The number of urea groups is 1. The van der Waals surface area contributed by atoms with Crippen LogP contribution in [0.15, 0.2) is 18.3 Å². The highest BCUT2D eigenvalue weighted by molar-refractivity contribution is 5.92. The van der Waals surface area contributed by atoms with Crippen LogP contribution in [0.2, 0.25) is 0 Å². The third-order valence-electron chi connectivity index (χ3n) is 2.82. The van der Waals surface area contributed by atoms with E-state index in [-0.39, 0.29) is 11.6 Å². The van der Waals surface area contributed by atoms with E-state index in [0.717, 1.165) is 24.3 Å². The predicted molar refractivity (Wildman–Crippen MR) is 74.9 cm³/mol. The Hall–Kier alpha value is -1.58. The van der Waals surface area contributed by atoms with E-state index in [1.165, 1.54) is 0 Å². The van der Waals surface area contributed by atoms with Crippen molar-refractivity contribution in [1.82, 2.24) is 10.3 Å². The minimum Gasteiger partial charge on any atom is -0.333 e. The average molecular weight is 249 g/mol. The summed E-state index contributed by atoms with van der Waals surface area (Å²) in [4.78, 5) is 17.8. The Morgan fingerprint density at radius 2 is 2.00 bits per heavy atom. The van der Waals surface area contributed by atoms with Crippen molar-refractivity contribution >= 4 is 11.8 Å². The van der Waals surface area contributed by atoms with Crippen LogP contribution in [0.4, 0.5) is 10.6 Å². The Labute approximate surface area is 109 Å². The van der Waals surface area contributed by atoms with Crippen LogP contribution in [-0.4, -0.2) is 23.1 Å². The smallest absolute Gasteiger partial charge is 0.323 e. The second-order valence-corrected chi connectivity index (χ2v) is 4.91. The van der Waals surface area contributed by atoms with Gasteiger partial charge in [-0.2, -0.15) is 0 Å². The van der Waals surface area contributed by atoms with Gasteiger partial charge >= 0.3 is 6.03 Å². The molecule has 2 amide bonds. The summed E-state index contributed by atoms with van der Waals surface area (Å²) in [6.07, 6.45) is 2.71. The van der Waals surface area contributed by atoms with Crippen LogP contribution in [-0.2, 0) is 0 Å². The second-order valence-electron chi connectivity index (χ2n) is 4.91. The van der Waals surface area contributed by atoms with E-state index in [1.54, 1.807) is 11.1 Å². The molecule has 2 heterocycles. The molecule has 1 aliphatic rings. The lowest BCUT2D eigenvalue weighted by molar-refractivity contribution is 0.224. The summed E-state index contributed by atoms with van der Waals surface area (Å²) in [5.74, 6) is 0.721. The monoisotopic (exact) mass is 249 g/mol. The molecule has 2 rings (SSSR count). The number of amides is 2. The molecule has 1 aromatic heterocycles. The summed E-state index contributed by atoms with van der Waals surface area (Å²) in [6.45, 7) is 10.8. The number of anilines is 1.